The maximum absolute atomic E-state index is 14.2. The van der Waals surface area contributed by atoms with E-state index in [2.05, 4.69) is 15.0 Å². The maximum atomic E-state index is 14.2. The van der Waals surface area contributed by atoms with Crippen LogP contribution in [-0.2, 0) is 33.8 Å². The Morgan fingerprint density at radius 3 is 2.55 bits per heavy atom. The summed E-state index contributed by atoms with van der Waals surface area (Å²) in [5.74, 6) is -2.73. The molecule has 0 fully saturated rings. The van der Waals surface area contributed by atoms with Gasteiger partial charge in [0, 0.05) is 30.9 Å². The Morgan fingerprint density at radius 2 is 1.97 bits per heavy atom. The van der Waals surface area contributed by atoms with E-state index < -0.39 is 23.7 Å². The van der Waals surface area contributed by atoms with Gasteiger partial charge in [-0.2, -0.15) is 18.4 Å². The highest BCUT2D eigenvalue weighted by molar-refractivity contribution is 7.16. The van der Waals surface area contributed by atoms with Crippen LogP contribution in [0.3, 0.4) is 0 Å². The molecule has 0 spiro atoms. The van der Waals surface area contributed by atoms with Crippen LogP contribution >= 0.6 is 11.3 Å². The number of rotatable bonds is 7. The van der Waals surface area contributed by atoms with Gasteiger partial charge in [0.2, 0.25) is 5.91 Å². The van der Waals surface area contributed by atoms with Crippen molar-refractivity contribution in [2.45, 2.75) is 44.7 Å². The second kappa shape index (κ2) is 9.80. The van der Waals surface area contributed by atoms with Gasteiger partial charge >= 0.3 is 17.8 Å². The predicted octanol–water partition coefficient (Wildman–Crippen LogP) is 3.55. The van der Waals surface area contributed by atoms with Gasteiger partial charge in [0.25, 0.3) is 0 Å². The number of carbonyl (C=O) groups is 2. The van der Waals surface area contributed by atoms with E-state index in [9.17, 15) is 28.0 Å². The number of alkyl halides is 3. The van der Waals surface area contributed by atoms with Crippen molar-refractivity contribution in [2.24, 2.45) is 0 Å². The van der Waals surface area contributed by atoms with Crippen molar-refractivity contribution in [3.05, 3.63) is 51.9 Å². The van der Waals surface area contributed by atoms with Crippen LogP contribution in [0.4, 0.5) is 18.2 Å². The third kappa shape index (κ3) is 4.96. The zero-order valence-electron chi connectivity index (χ0n) is 18.1. The molecule has 1 aliphatic rings. The first kappa shape index (κ1) is 24.5. The van der Waals surface area contributed by atoms with Crippen molar-refractivity contribution in [1.29, 1.82) is 5.26 Å². The van der Waals surface area contributed by atoms with Crippen molar-refractivity contribution in [2.75, 3.05) is 19.0 Å². The molecule has 0 aliphatic carbocycles. The van der Waals surface area contributed by atoms with Crippen molar-refractivity contribution in [3.63, 3.8) is 0 Å². The molecule has 2 aromatic rings. The topological polar surface area (TPSA) is 94.5 Å². The monoisotopic (exact) mass is 480 g/mol. The summed E-state index contributed by atoms with van der Waals surface area (Å²) in [6.45, 7) is 3.09. The van der Waals surface area contributed by atoms with E-state index in [1.54, 1.807) is 5.32 Å². The lowest BCUT2D eigenvalue weighted by molar-refractivity contribution is -0.206. The molecular formula is C22H23F3N4O3S. The zero-order chi connectivity index (χ0) is 24.2. The number of halogens is 3. The summed E-state index contributed by atoms with van der Waals surface area (Å²) in [5, 5.41) is 13.4. The average molecular weight is 481 g/mol. The van der Waals surface area contributed by atoms with E-state index >= 15 is 0 Å². The first-order chi connectivity index (χ1) is 15.6. The number of nitrogens with one attached hydrogen (secondary N) is 2. The normalized spacial score (nSPS) is 15.6. The van der Waals surface area contributed by atoms with Crippen molar-refractivity contribution in [3.8, 4) is 6.07 Å². The molecular weight excluding hydrogens is 457 g/mol. The SMILES string of the molecule is CCC(=O)NC(Nc1sc2c(c1C#N)CCN(Cc1ccccc1)C2)(C(=O)OC)C(F)(F)F. The number of hydrogen-bond acceptors (Lipinski definition) is 7. The minimum Gasteiger partial charge on any atom is -0.466 e. The number of thiophene rings is 1. The first-order valence-corrected chi connectivity index (χ1v) is 11.0. The molecule has 1 unspecified atom stereocenters. The Morgan fingerprint density at radius 1 is 1.27 bits per heavy atom. The fraction of sp³-hybridized carbons (Fsp3) is 0.409. The van der Waals surface area contributed by atoms with Crippen LogP contribution in [-0.4, -0.2) is 42.3 Å². The molecule has 0 saturated carbocycles. The van der Waals surface area contributed by atoms with Crippen LogP contribution in [0.5, 0.6) is 0 Å². The third-order valence-corrected chi connectivity index (χ3v) is 6.49. The Hall–Kier alpha value is -3.10. The number of amides is 1. The largest absolute Gasteiger partial charge is 0.466 e. The molecule has 33 heavy (non-hydrogen) atoms. The number of nitriles is 1. The lowest BCUT2D eigenvalue weighted by Crippen LogP contribution is -2.69. The summed E-state index contributed by atoms with van der Waals surface area (Å²) in [7, 11) is 0.800. The summed E-state index contributed by atoms with van der Waals surface area (Å²) < 4.78 is 46.9. The van der Waals surface area contributed by atoms with E-state index in [0.29, 0.717) is 31.6 Å². The van der Waals surface area contributed by atoms with E-state index in [4.69, 9.17) is 0 Å². The van der Waals surface area contributed by atoms with Crippen LogP contribution in [0.1, 0.15) is 34.9 Å². The van der Waals surface area contributed by atoms with Gasteiger partial charge in [-0.3, -0.25) is 9.69 Å². The average Bonchev–Trinajstić information content (AvgIpc) is 3.13. The van der Waals surface area contributed by atoms with E-state index in [1.807, 2.05) is 36.4 Å². The number of fused-ring (bicyclic) bond motifs is 1. The molecule has 1 amide bonds. The second-order valence-corrected chi connectivity index (χ2v) is 8.64. The van der Waals surface area contributed by atoms with Gasteiger partial charge in [-0.25, -0.2) is 4.79 Å². The fourth-order valence-electron chi connectivity index (χ4n) is 3.65. The Balaban J connectivity index is 1.96. The maximum Gasteiger partial charge on any atom is 0.441 e. The van der Waals surface area contributed by atoms with Gasteiger partial charge in [-0.05, 0) is 17.5 Å². The van der Waals surface area contributed by atoms with Gasteiger partial charge < -0.3 is 15.4 Å². The van der Waals surface area contributed by atoms with Crippen molar-refractivity contribution in [1.82, 2.24) is 10.2 Å². The predicted molar refractivity (Wildman–Crippen MR) is 116 cm³/mol. The van der Waals surface area contributed by atoms with Gasteiger partial charge in [0.15, 0.2) is 0 Å². The van der Waals surface area contributed by atoms with Crippen LogP contribution in [0, 0.1) is 11.3 Å². The molecule has 0 radical (unpaired) electrons. The van der Waals surface area contributed by atoms with E-state index in [-0.39, 0.29) is 17.0 Å². The molecule has 2 N–H and O–H groups in total. The number of methoxy groups -OCH3 is 1. The van der Waals surface area contributed by atoms with Crippen molar-refractivity contribution >= 4 is 28.2 Å². The van der Waals surface area contributed by atoms with Gasteiger partial charge in [-0.1, -0.05) is 37.3 Å². The summed E-state index contributed by atoms with van der Waals surface area (Å²) in [5.41, 5.74) is -1.73. The highest BCUT2D eigenvalue weighted by Crippen LogP contribution is 2.41. The van der Waals surface area contributed by atoms with Crippen LogP contribution in [0.25, 0.3) is 0 Å². The van der Waals surface area contributed by atoms with Crippen LogP contribution < -0.4 is 10.6 Å². The highest BCUT2D eigenvalue weighted by atomic mass is 32.1. The number of benzene rings is 1. The number of hydrogen-bond donors (Lipinski definition) is 2. The highest BCUT2D eigenvalue weighted by Gasteiger charge is 2.63. The molecule has 11 heteroatoms. The van der Waals surface area contributed by atoms with Crippen molar-refractivity contribution < 1.29 is 27.5 Å². The summed E-state index contributed by atoms with van der Waals surface area (Å²) in [6.07, 6.45) is -5.04. The summed E-state index contributed by atoms with van der Waals surface area (Å²) in [4.78, 5) is 27.1. The van der Waals surface area contributed by atoms with Gasteiger partial charge in [0.1, 0.15) is 11.1 Å². The quantitative estimate of drug-likeness (QED) is 0.465. The second-order valence-electron chi connectivity index (χ2n) is 7.53. The number of carbonyl (C=O) groups excluding carboxylic acids is 2. The molecule has 1 atom stereocenters. The van der Waals surface area contributed by atoms with Gasteiger partial charge in [-0.15, -0.1) is 11.3 Å². The fourth-order valence-corrected chi connectivity index (χ4v) is 4.95. The first-order valence-electron chi connectivity index (χ1n) is 10.2. The van der Waals surface area contributed by atoms with E-state index in [0.717, 1.165) is 28.9 Å². The molecule has 176 valence electrons. The number of ether oxygens (including phenoxy) is 1. The Kier molecular flexibility index (Phi) is 7.29. The number of nitrogens with zero attached hydrogens (tertiary/aromatic N) is 2. The molecule has 1 aromatic heterocycles. The van der Waals surface area contributed by atoms with Crippen LogP contribution in [0.15, 0.2) is 30.3 Å². The zero-order valence-corrected chi connectivity index (χ0v) is 18.9. The lowest BCUT2D eigenvalue weighted by Gasteiger charge is -2.34. The Labute approximate surface area is 193 Å². The lowest BCUT2D eigenvalue weighted by atomic mass is 10.0. The third-order valence-electron chi connectivity index (χ3n) is 5.36. The molecule has 0 bridgehead atoms. The molecule has 0 saturated heterocycles. The summed E-state index contributed by atoms with van der Waals surface area (Å²) >= 11 is 0.972. The Bertz CT molecular complexity index is 1070. The molecule has 3 rings (SSSR count). The smallest absolute Gasteiger partial charge is 0.441 e. The number of anilines is 1. The summed E-state index contributed by atoms with van der Waals surface area (Å²) in [6, 6.07) is 11.7. The molecule has 7 nitrogen and oxygen atoms in total. The van der Waals surface area contributed by atoms with Crippen LogP contribution in [0.2, 0.25) is 0 Å². The molecule has 2 heterocycles. The molecule has 1 aromatic carbocycles. The molecule has 1 aliphatic heterocycles. The standard InChI is InChI=1S/C22H23F3N4O3S/c1-3-18(30)27-21(20(31)32-2,22(23,24)25)28-19-16(11-26)15-9-10-29(13-17(15)33-19)12-14-7-5-4-6-8-14/h4-8,28H,3,9-10,12-13H2,1-2H3,(H,27,30). The van der Waals surface area contributed by atoms with E-state index in [1.165, 1.54) is 6.92 Å². The van der Waals surface area contributed by atoms with Gasteiger partial charge in [0.05, 0.1) is 12.7 Å². The number of esters is 1. The minimum absolute atomic E-state index is 0.0395. The minimum atomic E-state index is -5.23.